The zero-order chi connectivity index (χ0) is 35.5. The van der Waals surface area contributed by atoms with Crippen LogP contribution in [0.25, 0.3) is 0 Å². The largest absolute Gasteiger partial charge is 0.379 e. The molecule has 0 aliphatic carbocycles. The number of carbonyl (C=O) groups excluding carboxylic acids is 5. The Kier molecular flexibility index (Phi) is 26.4. The van der Waals surface area contributed by atoms with E-state index >= 15 is 0 Å². The Hall–Kier alpha value is -2.89. The van der Waals surface area contributed by atoms with Gasteiger partial charge in [-0.25, -0.2) is 4.79 Å². The lowest BCUT2D eigenvalue weighted by Crippen LogP contribution is -2.57. The Morgan fingerprint density at radius 3 is 1.68 bits per heavy atom. The van der Waals surface area contributed by atoms with Crippen molar-refractivity contribution in [3.8, 4) is 0 Å². The molecule has 3 unspecified atom stereocenters. The zero-order valence-corrected chi connectivity index (χ0v) is 28.8. The van der Waals surface area contributed by atoms with Gasteiger partial charge in [-0.15, -0.1) is 0 Å². The topological polar surface area (TPSA) is 248 Å². The summed E-state index contributed by atoms with van der Waals surface area (Å²) in [6.07, 6.45) is 2.32. The summed E-state index contributed by atoms with van der Waals surface area (Å²) in [6.45, 7) is 11.2. The summed E-state index contributed by atoms with van der Waals surface area (Å²) in [4.78, 5) is 63.2. The van der Waals surface area contributed by atoms with Gasteiger partial charge < -0.3 is 57.4 Å². The number of rotatable bonds is 30. The Bertz CT molecular complexity index is 893. The van der Waals surface area contributed by atoms with Gasteiger partial charge in [0.2, 0.25) is 17.7 Å². The van der Waals surface area contributed by atoms with E-state index < -0.39 is 36.0 Å². The van der Waals surface area contributed by atoms with Gasteiger partial charge in [0.25, 0.3) is 0 Å². The second-order valence-electron chi connectivity index (χ2n) is 11.7. The van der Waals surface area contributed by atoms with Gasteiger partial charge in [-0.2, -0.15) is 0 Å². The van der Waals surface area contributed by atoms with Gasteiger partial charge in [-0.05, 0) is 44.6 Å². The van der Waals surface area contributed by atoms with E-state index in [0.717, 1.165) is 0 Å². The molecule has 0 aromatic rings. The number of Topliss-reactive ketones (excluding diaryl/α,β-unsaturated/α-hetero) is 1. The van der Waals surface area contributed by atoms with Gasteiger partial charge in [-0.3, -0.25) is 19.2 Å². The summed E-state index contributed by atoms with van der Waals surface area (Å²) in [6, 6.07) is -3.32. The fraction of sp³-hybridized carbons (Fsp3) is 0.839. The predicted molar refractivity (Wildman–Crippen MR) is 177 cm³/mol. The fourth-order valence-corrected chi connectivity index (χ4v) is 4.29. The third-order valence-corrected chi connectivity index (χ3v) is 6.89. The number of ketones is 1. The number of nitrogens with two attached hydrogens (primary N) is 3. The van der Waals surface area contributed by atoms with Crippen LogP contribution in [0.15, 0.2) is 0 Å². The number of amides is 5. The van der Waals surface area contributed by atoms with Gasteiger partial charge in [0.05, 0.1) is 58.9 Å². The van der Waals surface area contributed by atoms with Gasteiger partial charge in [0.15, 0.2) is 5.78 Å². The fourth-order valence-electron chi connectivity index (χ4n) is 4.29. The van der Waals surface area contributed by atoms with Crippen molar-refractivity contribution in [2.24, 2.45) is 29.0 Å². The van der Waals surface area contributed by atoms with Crippen molar-refractivity contribution >= 4 is 29.5 Å². The van der Waals surface area contributed by atoms with Crippen LogP contribution in [0, 0.1) is 11.8 Å². The Balaban J connectivity index is 4.92. The highest BCUT2D eigenvalue weighted by Crippen LogP contribution is 2.10. The van der Waals surface area contributed by atoms with Gasteiger partial charge in [-0.1, -0.05) is 27.7 Å². The van der Waals surface area contributed by atoms with Gasteiger partial charge in [0.1, 0.15) is 12.1 Å². The number of hydrogen-bond acceptors (Lipinski definition) is 11. The van der Waals surface area contributed by atoms with Crippen molar-refractivity contribution in [3.05, 3.63) is 0 Å². The minimum atomic E-state index is -0.958. The second kappa shape index (κ2) is 28.2. The van der Waals surface area contributed by atoms with E-state index in [1.165, 1.54) is 0 Å². The minimum absolute atomic E-state index is 0.0320. The van der Waals surface area contributed by atoms with E-state index in [-0.39, 0.29) is 49.5 Å². The second-order valence-corrected chi connectivity index (χ2v) is 11.7. The van der Waals surface area contributed by atoms with Crippen LogP contribution in [0.3, 0.4) is 0 Å². The normalized spacial score (nSPS) is 13.2. The summed E-state index contributed by atoms with van der Waals surface area (Å²) in [5.74, 6) is -2.22. The molecule has 0 fully saturated rings. The first-order valence-corrected chi connectivity index (χ1v) is 16.6. The summed E-state index contributed by atoms with van der Waals surface area (Å²) >= 11 is 0. The molecule has 0 saturated heterocycles. The van der Waals surface area contributed by atoms with Crippen LogP contribution in [0.4, 0.5) is 4.79 Å². The lowest BCUT2D eigenvalue weighted by molar-refractivity contribution is -0.135. The number of urea groups is 1. The van der Waals surface area contributed by atoms with Crippen LogP contribution >= 0.6 is 0 Å². The predicted octanol–water partition coefficient (Wildman–Crippen LogP) is -0.685. The minimum Gasteiger partial charge on any atom is -0.379 e. The average Bonchev–Trinajstić information content (AvgIpc) is 3.02. The summed E-state index contributed by atoms with van der Waals surface area (Å²) < 4.78 is 21.5. The van der Waals surface area contributed by atoms with Crippen molar-refractivity contribution in [2.45, 2.75) is 84.3 Å². The van der Waals surface area contributed by atoms with Crippen LogP contribution < -0.4 is 38.5 Å². The maximum absolute atomic E-state index is 13.4. The molecule has 3 atom stereocenters. The number of hydrogen-bond donors (Lipinski definition) is 7. The third kappa shape index (κ3) is 23.1. The van der Waals surface area contributed by atoms with Crippen molar-refractivity contribution in [1.29, 1.82) is 0 Å². The van der Waals surface area contributed by atoms with E-state index in [2.05, 4.69) is 21.3 Å². The molecule has 0 spiro atoms. The molecule has 0 radical (unpaired) electrons. The monoisotopic (exact) mass is 675 g/mol. The quantitative estimate of drug-likeness (QED) is 0.0470. The molecule has 10 N–H and O–H groups in total. The molecule has 47 heavy (non-hydrogen) atoms. The summed E-state index contributed by atoms with van der Waals surface area (Å²) in [5.41, 5.74) is 16.1. The number of nitrogens with one attached hydrogen (secondary N) is 4. The molecule has 16 nitrogen and oxygen atoms in total. The molecular formula is C31H61N7O9. The molecule has 0 aliphatic heterocycles. The van der Waals surface area contributed by atoms with Gasteiger partial charge >= 0.3 is 6.03 Å². The zero-order valence-electron chi connectivity index (χ0n) is 28.8. The van der Waals surface area contributed by atoms with Crippen molar-refractivity contribution in [1.82, 2.24) is 21.3 Å². The highest BCUT2D eigenvalue weighted by atomic mass is 16.6. The first kappa shape index (κ1) is 44.1. The Labute approximate surface area is 279 Å². The molecule has 0 bridgehead atoms. The number of primary amides is 1. The molecule has 0 aromatic heterocycles. The lowest BCUT2D eigenvalue weighted by Gasteiger charge is -2.28. The first-order valence-electron chi connectivity index (χ1n) is 16.6. The molecule has 16 heteroatoms. The van der Waals surface area contributed by atoms with Crippen LogP contribution in [-0.2, 0) is 38.1 Å². The number of unbranched alkanes of at least 4 members (excludes halogenated alkanes) is 1. The van der Waals surface area contributed by atoms with Crippen molar-refractivity contribution in [3.63, 3.8) is 0 Å². The molecule has 0 aliphatic rings. The van der Waals surface area contributed by atoms with Crippen LogP contribution in [-0.4, -0.2) is 120 Å². The maximum Gasteiger partial charge on any atom is 0.312 e. The Morgan fingerprint density at radius 2 is 1.17 bits per heavy atom. The number of carbonyl (C=O) groups is 5. The molecular weight excluding hydrogens is 614 g/mol. The molecule has 0 heterocycles. The van der Waals surface area contributed by atoms with E-state index in [1.54, 1.807) is 27.7 Å². The van der Waals surface area contributed by atoms with Crippen molar-refractivity contribution in [2.75, 3.05) is 72.5 Å². The maximum atomic E-state index is 13.4. The summed E-state index contributed by atoms with van der Waals surface area (Å²) in [7, 11) is 0. The molecule has 5 amide bonds. The van der Waals surface area contributed by atoms with E-state index in [0.29, 0.717) is 85.0 Å². The van der Waals surface area contributed by atoms with Crippen molar-refractivity contribution < 1.29 is 42.9 Å². The lowest BCUT2D eigenvalue weighted by atomic mass is 9.96. The average molecular weight is 676 g/mol. The van der Waals surface area contributed by atoms with E-state index in [4.69, 9.17) is 36.1 Å². The number of ether oxygens (including phenoxy) is 4. The highest BCUT2D eigenvalue weighted by molar-refractivity contribution is 5.95. The molecule has 0 saturated carbocycles. The standard InChI is InChI=1S/C31H61N7O9/c1-22(2)27(30(42)37-24(28(40)23(3)4)9-7-13-35-31(34)43)38-29(41)25(8-5-6-11-32)36-26(39)10-14-44-16-18-46-20-21-47-19-17-45-15-12-33/h22-25,27H,5-21,32-33H2,1-4H3,(H,36,39)(H,37,42)(H,38,41)(H3,34,35,43). The summed E-state index contributed by atoms with van der Waals surface area (Å²) in [5, 5.41) is 10.8. The van der Waals surface area contributed by atoms with Crippen LogP contribution in [0.5, 0.6) is 0 Å². The smallest absolute Gasteiger partial charge is 0.312 e. The highest BCUT2D eigenvalue weighted by Gasteiger charge is 2.31. The first-order chi connectivity index (χ1) is 22.4. The van der Waals surface area contributed by atoms with E-state index in [1.807, 2.05) is 0 Å². The van der Waals surface area contributed by atoms with E-state index in [9.17, 15) is 24.0 Å². The molecule has 0 aromatic carbocycles. The van der Waals surface area contributed by atoms with Gasteiger partial charge in [0, 0.05) is 25.4 Å². The third-order valence-electron chi connectivity index (χ3n) is 6.89. The van der Waals surface area contributed by atoms with Crippen LogP contribution in [0.2, 0.25) is 0 Å². The SMILES string of the molecule is CC(C)C(=O)C(CCCNC(N)=O)NC(=O)C(NC(=O)C(CCCCN)NC(=O)CCOCCOCCOCCOCCN)C(C)C. The molecule has 274 valence electrons. The Morgan fingerprint density at radius 1 is 0.617 bits per heavy atom. The van der Waals surface area contributed by atoms with Crippen LogP contribution in [0.1, 0.15) is 66.2 Å². The molecule has 0 rings (SSSR count).